The van der Waals surface area contributed by atoms with Crippen LogP contribution in [0.2, 0.25) is 0 Å². The molecule has 0 aliphatic carbocycles. The minimum absolute atomic E-state index is 0.254. The zero-order chi connectivity index (χ0) is 11.9. The van der Waals surface area contributed by atoms with E-state index < -0.39 is 15.0 Å². The molecule has 16 heavy (non-hydrogen) atoms. The Morgan fingerprint density at radius 2 is 1.94 bits per heavy atom. The normalized spacial score (nSPS) is 11.8. The molecular weight excluding hydrogens is 272 g/mol. The number of rotatable bonds is 2. The molecule has 0 bridgehead atoms. The topological polar surface area (TPSA) is 71.4 Å². The number of halogens is 1. The van der Waals surface area contributed by atoms with Crippen LogP contribution in [0.3, 0.4) is 0 Å². The molecule has 84 valence electrons. The fraction of sp³-hybridized carbons (Fsp3) is 0. The van der Waals surface area contributed by atoms with Crippen LogP contribution in [0, 0.1) is 0 Å². The van der Waals surface area contributed by atoms with Gasteiger partial charge in [0.05, 0.1) is 0 Å². The van der Waals surface area contributed by atoms with Crippen LogP contribution in [-0.4, -0.2) is 19.5 Å². The molecule has 0 saturated carbocycles. The zero-order valence-corrected chi connectivity index (χ0v) is 10.1. The molecule has 2 aromatic rings. The average Bonchev–Trinajstić information content (AvgIpc) is 2.55. The molecule has 1 aromatic heterocycles. The number of carbonyl (C=O) groups is 1. The Balaban J connectivity index is 2.97. The van der Waals surface area contributed by atoms with Gasteiger partial charge in [-0.3, -0.25) is 0 Å². The number of hydrogen-bond donors (Lipinski definition) is 1. The van der Waals surface area contributed by atoms with E-state index in [1.807, 2.05) is 0 Å². The molecule has 0 aliphatic rings. The maximum atomic E-state index is 11.3. The van der Waals surface area contributed by atoms with Crippen LogP contribution in [0.1, 0.15) is 9.67 Å². The molecule has 4 nitrogen and oxygen atoms in total. The minimum Gasteiger partial charge on any atom is -0.477 e. The second kappa shape index (κ2) is 3.73. The molecule has 7 heteroatoms. The van der Waals surface area contributed by atoms with Gasteiger partial charge in [-0.1, -0.05) is 18.2 Å². The van der Waals surface area contributed by atoms with Crippen molar-refractivity contribution in [2.75, 3.05) is 0 Å². The molecule has 1 heterocycles. The van der Waals surface area contributed by atoms with Gasteiger partial charge < -0.3 is 5.11 Å². The van der Waals surface area contributed by atoms with Gasteiger partial charge in [-0.2, -0.15) is 0 Å². The van der Waals surface area contributed by atoms with Crippen molar-refractivity contribution in [1.29, 1.82) is 0 Å². The largest absolute Gasteiger partial charge is 0.477 e. The Morgan fingerprint density at radius 1 is 1.31 bits per heavy atom. The van der Waals surface area contributed by atoms with Crippen LogP contribution in [-0.2, 0) is 9.05 Å². The highest BCUT2D eigenvalue weighted by Gasteiger charge is 2.26. The molecule has 2 rings (SSSR count). The predicted octanol–water partition coefficient (Wildman–Crippen LogP) is 2.53. The number of fused-ring (bicyclic) bond motifs is 1. The van der Waals surface area contributed by atoms with Crippen LogP contribution in [0.4, 0.5) is 0 Å². The van der Waals surface area contributed by atoms with Gasteiger partial charge in [-0.25, -0.2) is 13.2 Å². The Morgan fingerprint density at radius 3 is 2.50 bits per heavy atom. The Bertz CT molecular complexity index is 672. The van der Waals surface area contributed by atoms with E-state index in [0.717, 1.165) is 11.3 Å². The number of aromatic carboxylic acids is 1. The van der Waals surface area contributed by atoms with E-state index >= 15 is 0 Å². The lowest BCUT2D eigenvalue weighted by Crippen LogP contribution is -2.00. The molecule has 0 saturated heterocycles. The van der Waals surface area contributed by atoms with E-state index in [1.165, 1.54) is 6.07 Å². The van der Waals surface area contributed by atoms with Gasteiger partial charge >= 0.3 is 5.97 Å². The summed E-state index contributed by atoms with van der Waals surface area (Å²) in [6.07, 6.45) is 0. The first-order chi connectivity index (χ1) is 7.41. The quantitative estimate of drug-likeness (QED) is 0.856. The first-order valence-electron chi connectivity index (χ1n) is 4.11. The SMILES string of the molecule is O=C(O)c1sc2ccccc2c1S(=O)(=O)Cl. The second-order valence-electron chi connectivity index (χ2n) is 3.00. The number of hydrogen-bond acceptors (Lipinski definition) is 4. The lowest BCUT2D eigenvalue weighted by Gasteiger charge is -1.95. The second-order valence-corrected chi connectivity index (χ2v) is 6.55. The van der Waals surface area contributed by atoms with Gasteiger partial charge in [-0.05, 0) is 6.07 Å². The number of benzene rings is 1. The molecule has 1 aromatic carbocycles. The van der Waals surface area contributed by atoms with Crippen LogP contribution < -0.4 is 0 Å². The van der Waals surface area contributed by atoms with Crippen molar-refractivity contribution in [1.82, 2.24) is 0 Å². The fourth-order valence-corrected chi connectivity index (χ4v) is 4.23. The van der Waals surface area contributed by atoms with E-state index in [2.05, 4.69) is 0 Å². The highest BCUT2D eigenvalue weighted by Crippen LogP contribution is 2.36. The van der Waals surface area contributed by atoms with Crippen molar-refractivity contribution in [3.63, 3.8) is 0 Å². The summed E-state index contributed by atoms with van der Waals surface area (Å²) in [5.41, 5.74) is 0. The molecule has 0 fully saturated rings. The Hall–Kier alpha value is -1.11. The van der Waals surface area contributed by atoms with E-state index in [1.54, 1.807) is 18.2 Å². The van der Waals surface area contributed by atoms with Gasteiger partial charge in [0, 0.05) is 20.8 Å². The van der Waals surface area contributed by atoms with Crippen LogP contribution in [0.5, 0.6) is 0 Å². The third-order valence-corrected chi connectivity index (χ3v) is 4.65. The highest BCUT2D eigenvalue weighted by atomic mass is 35.7. The molecule has 0 unspecified atom stereocenters. The van der Waals surface area contributed by atoms with Crippen molar-refractivity contribution in [3.8, 4) is 0 Å². The summed E-state index contributed by atoms with van der Waals surface area (Å²) in [7, 11) is 1.18. The van der Waals surface area contributed by atoms with Gasteiger partial charge in [0.2, 0.25) is 0 Å². The van der Waals surface area contributed by atoms with E-state index in [0.29, 0.717) is 10.1 Å². The van der Waals surface area contributed by atoms with Crippen molar-refractivity contribution in [3.05, 3.63) is 29.1 Å². The summed E-state index contributed by atoms with van der Waals surface area (Å²) in [4.78, 5) is 10.4. The summed E-state index contributed by atoms with van der Waals surface area (Å²) < 4.78 is 23.3. The van der Waals surface area contributed by atoms with Crippen molar-refractivity contribution in [2.24, 2.45) is 0 Å². The molecule has 0 atom stereocenters. The summed E-state index contributed by atoms with van der Waals surface area (Å²) in [5, 5.41) is 9.26. The molecule has 0 radical (unpaired) electrons. The lowest BCUT2D eigenvalue weighted by molar-refractivity contribution is 0.0698. The van der Waals surface area contributed by atoms with Gasteiger partial charge in [-0.15, -0.1) is 11.3 Å². The maximum absolute atomic E-state index is 11.3. The standard InChI is InChI=1S/C9H5ClO4S2/c10-16(13,14)8-5-3-1-2-4-6(5)15-7(8)9(11)12/h1-4H,(H,11,12). The van der Waals surface area contributed by atoms with Crippen LogP contribution in [0.25, 0.3) is 10.1 Å². The van der Waals surface area contributed by atoms with E-state index in [9.17, 15) is 13.2 Å². The Labute approximate surface area is 99.5 Å². The Kier molecular flexibility index (Phi) is 2.65. The lowest BCUT2D eigenvalue weighted by atomic mass is 10.2. The van der Waals surface area contributed by atoms with Crippen molar-refractivity contribution in [2.45, 2.75) is 4.90 Å². The van der Waals surface area contributed by atoms with Crippen LogP contribution in [0.15, 0.2) is 29.2 Å². The predicted molar refractivity (Wildman–Crippen MR) is 61.8 cm³/mol. The van der Waals surface area contributed by atoms with E-state index in [-0.39, 0.29) is 9.77 Å². The van der Waals surface area contributed by atoms with Crippen molar-refractivity contribution < 1.29 is 18.3 Å². The molecule has 0 aliphatic heterocycles. The minimum atomic E-state index is -4.06. The third-order valence-electron chi connectivity index (χ3n) is 1.99. The first-order valence-corrected chi connectivity index (χ1v) is 7.23. The number of carboxylic acids is 1. The van der Waals surface area contributed by atoms with E-state index in [4.69, 9.17) is 15.8 Å². The maximum Gasteiger partial charge on any atom is 0.347 e. The number of thiophene rings is 1. The van der Waals surface area contributed by atoms with Gasteiger partial charge in [0.25, 0.3) is 9.05 Å². The smallest absolute Gasteiger partial charge is 0.347 e. The van der Waals surface area contributed by atoms with Crippen LogP contribution >= 0.6 is 22.0 Å². The van der Waals surface area contributed by atoms with Crippen molar-refractivity contribution >= 4 is 47.1 Å². The zero-order valence-electron chi connectivity index (χ0n) is 7.68. The summed E-state index contributed by atoms with van der Waals surface area (Å²) in [6.45, 7) is 0. The molecular formula is C9H5ClO4S2. The fourth-order valence-electron chi connectivity index (χ4n) is 1.40. The number of carboxylic acid groups (broad SMARTS) is 1. The highest BCUT2D eigenvalue weighted by molar-refractivity contribution is 8.14. The molecule has 0 amide bonds. The van der Waals surface area contributed by atoms with Gasteiger partial charge in [0.15, 0.2) is 0 Å². The third kappa shape index (κ3) is 1.79. The average molecular weight is 277 g/mol. The molecule has 1 N–H and O–H groups in total. The summed E-state index contributed by atoms with van der Waals surface area (Å²) in [6, 6.07) is 6.52. The first kappa shape index (κ1) is 11.4. The monoisotopic (exact) mass is 276 g/mol. The van der Waals surface area contributed by atoms with Gasteiger partial charge in [0.1, 0.15) is 9.77 Å². The summed E-state index contributed by atoms with van der Waals surface area (Å²) >= 11 is 0.896. The summed E-state index contributed by atoms with van der Waals surface area (Å²) in [5.74, 6) is -1.29. The molecule has 0 spiro atoms.